The van der Waals surface area contributed by atoms with Crippen LogP contribution in [0.5, 0.6) is 0 Å². The molecule has 2 aliphatic heterocycles. The maximum absolute atomic E-state index is 13.3. The summed E-state index contributed by atoms with van der Waals surface area (Å²) in [6.45, 7) is 0. The predicted octanol–water partition coefficient (Wildman–Crippen LogP) is 3.19. The van der Waals surface area contributed by atoms with E-state index in [1.807, 2.05) is 0 Å². The van der Waals surface area contributed by atoms with Crippen molar-refractivity contribution in [2.24, 2.45) is 4.99 Å². The van der Waals surface area contributed by atoms with Gasteiger partial charge in [-0.25, -0.2) is 8.42 Å². The smallest absolute Gasteiger partial charge is 0.416 e. The van der Waals surface area contributed by atoms with Crippen LogP contribution in [0.3, 0.4) is 0 Å². The molecule has 0 spiro atoms. The number of aliphatic carboxylic acids is 1. The lowest BCUT2D eigenvalue weighted by atomic mass is 10.1. The molecule has 0 aliphatic carbocycles. The number of carbonyl (C=O) groups excluding carboxylic acids is 1. The second kappa shape index (κ2) is 8.24. The fourth-order valence-electron chi connectivity index (χ4n) is 3.32. The van der Waals surface area contributed by atoms with Gasteiger partial charge in [0.25, 0.3) is 0 Å². The minimum atomic E-state index is -5.13. The first-order chi connectivity index (χ1) is 14.6. The molecule has 32 heavy (non-hydrogen) atoms. The lowest BCUT2D eigenvalue weighted by molar-refractivity contribution is -0.143. The van der Waals surface area contributed by atoms with Crippen molar-refractivity contribution in [2.45, 2.75) is 36.5 Å². The SMILES string of the molecule is O=C(O)CCC(=O)N=C1SC2CS(=O)(=O)CC2N1c1cc(C(F)(F)F)cc(C(F)(F)F)c1. The van der Waals surface area contributed by atoms with Gasteiger partial charge in [0.05, 0.1) is 35.1 Å². The summed E-state index contributed by atoms with van der Waals surface area (Å²) in [5.74, 6) is -3.20. The summed E-state index contributed by atoms with van der Waals surface area (Å²) < 4.78 is 104. The molecule has 1 amide bonds. The number of hydrogen-bond acceptors (Lipinski definition) is 5. The number of nitrogens with zero attached hydrogens (tertiary/aromatic N) is 2. The monoisotopic (exact) mass is 504 g/mol. The summed E-state index contributed by atoms with van der Waals surface area (Å²) in [4.78, 5) is 27.2. The Hall–Kier alpha value is -2.29. The molecule has 7 nitrogen and oxygen atoms in total. The Bertz CT molecular complexity index is 1050. The van der Waals surface area contributed by atoms with Crippen LogP contribution in [0.25, 0.3) is 0 Å². The molecule has 2 saturated heterocycles. The van der Waals surface area contributed by atoms with Crippen molar-refractivity contribution in [1.29, 1.82) is 0 Å². The van der Waals surface area contributed by atoms with Gasteiger partial charge in [0, 0.05) is 17.4 Å². The number of benzene rings is 1. The number of fused-ring (bicyclic) bond motifs is 1. The summed E-state index contributed by atoms with van der Waals surface area (Å²) in [5.41, 5.74) is -3.82. The van der Waals surface area contributed by atoms with E-state index in [2.05, 4.69) is 4.99 Å². The fraction of sp³-hybridized carbons (Fsp3) is 0.471. The summed E-state index contributed by atoms with van der Waals surface area (Å²) in [7, 11) is -3.62. The Labute approximate surface area is 181 Å². The van der Waals surface area contributed by atoms with E-state index in [9.17, 15) is 44.3 Å². The van der Waals surface area contributed by atoms with E-state index in [-0.39, 0.29) is 11.2 Å². The first-order valence-corrected chi connectivity index (χ1v) is 11.6. The van der Waals surface area contributed by atoms with Crippen molar-refractivity contribution in [1.82, 2.24) is 0 Å². The molecule has 2 fully saturated rings. The van der Waals surface area contributed by atoms with E-state index in [1.165, 1.54) is 0 Å². The molecule has 0 saturated carbocycles. The highest BCUT2D eigenvalue weighted by molar-refractivity contribution is 8.16. The number of thioether (sulfide) groups is 1. The molecular formula is C17H14F6N2O5S2. The van der Waals surface area contributed by atoms with Crippen LogP contribution in [0, 0.1) is 0 Å². The first-order valence-electron chi connectivity index (χ1n) is 8.86. The van der Waals surface area contributed by atoms with Crippen LogP contribution in [0.15, 0.2) is 23.2 Å². The fourth-order valence-corrected chi connectivity index (χ4v) is 7.25. The number of rotatable bonds is 4. The first kappa shape index (κ1) is 24.4. The summed E-state index contributed by atoms with van der Waals surface area (Å²) in [5, 5.41) is 7.61. The summed E-state index contributed by atoms with van der Waals surface area (Å²) in [6.07, 6.45) is -11.4. The van der Waals surface area contributed by atoms with Crippen molar-refractivity contribution in [2.75, 3.05) is 16.4 Å². The van der Waals surface area contributed by atoms with Crippen molar-refractivity contribution >= 4 is 44.3 Å². The maximum atomic E-state index is 13.3. The average Bonchev–Trinajstić information content (AvgIpc) is 3.08. The molecule has 0 bridgehead atoms. The minimum Gasteiger partial charge on any atom is -0.481 e. The normalized spacial score (nSPS) is 24.1. The van der Waals surface area contributed by atoms with Crippen molar-refractivity contribution in [3.05, 3.63) is 29.3 Å². The number of carboxylic acids is 1. The quantitative estimate of drug-likeness (QED) is 0.628. The van der Waals surface area contributed by atoms with Crippen molar-refractivity contribution in [3.63, 3.8) is 0 Å². The highest BCUT2D eigenvalue weighted by atomic mass is 32.2. The van der Waals surface area contributed by atoms with Gasteiger partial charge >= 0.3 is 18.3 Å². The topological polar surface area (TPSA) is 104 Å². The lowest BCUT2D eigenvalue weighted by Crippen LogP contribution is -2.38. The second-order valence-corrected chi connectivity index (χ2v) is 10.5. The number of carbonyl (C=O) groups is 2. The third kappa shape index (κ3) is 5.36. The number of anilines is 1. The number of halogens is 6. The number of carboxylic acid groups (broad SMARTS) is 1. The van der Waals surface area contributed by atoms with Gasteiger partial charge in [-0.3, -0.25) is 9.59 Å². The average molecular weight is 504 g/mol. The second-order valence-electron chi connectivity index (χ2n) is 7.12. The Morgan fingerprint density at radius 3 is 2.09 bits per heavy atom. The van der Waals surface area contributed by atoms with Gasteiger partial charge in [-0.15, -0.1) is 0 Å². The number of sulfone groups is 1. The van der Waals surface area contributed by atoms with E-state index in [1.54, 1.807) is 0 Å². The van der Waals surface area contributed by atoms with Crippen LogP contribution in [0.2, 0.25) is 0 Å². The molecule has 176 valence electrons. The molecule has 1 N–H and O–H groups in total. The Balaban J connectivity index is 2.11. The largest absolute Gasteiger partial charge is 0.481 e. The summed E-state index contributed by atoms with van der Waals surface area (Å²) >= 11 is 0.742. The molecule has 1 aromatic rings. The molecule has 0 radical (unpaired) electrons. The molecule has 2 aliphatic rings. The molecule has 15 heteroatoms. The zero-order chi connectivity index (χ0) is 24.1. The predicted molar refractivity (Wildman–Crippen MR) is 102 cm³/mol. The maximum Gasteiger partial charge on any atom is 0.416 e. The summed E-state index contributed by atoms with van der Waals surface area (Å²) in [6, 6.07) is -0.244. The van der Waals surface area contributed by atoms with Gasteiger partial charge in [0.1, 0.15) is 0 Å². The van der Waals surface area contributed by atoms with Crippen LogP contribution in [0.1, 0.15) is 24.0 Å². The van der Waals surface area contributed by atoms with Crippen LogP contribution in [-0.2, 0) is 31.8 Å². The zero-order valence-electron chi connectivity index (χ0n) is 15.8. The van der Waals surface area contributed by atoms with Crippen LogP contribution in [0.4, 0.5) is 32.0 Å². The van der Waals surface area contributed by atoms with E-state index >= 15 is 0 Å². The Kier molecular flexibility index (Phi) is 6.27. The standard InChI is InChI=1S/C17H14F6N2O5S2/c18-16(19,20)8-3-9(17(21,22)23)5-10(4-8)25-11-6-32(29,30)7-12(11)31-15(25)24-13(26)1-2-14(27)28/h3-5,11-12H,1-2,6-7H2,(H,27,28). The molecule has 2 unspecified atom stereocenters. The third-order valence-electron chi connectivity index (χ3n) is 4.69. The molecule has 2 atom stereocenters. The molecule has 1 aromatic carbocycles. The van der Waals surface area contributed by atoms with E-state index in [0.29, 0.717) is 12.1 Å². The molecule has 0 aromatic heterocycles. The molecular weight excluding hydrogens is 490 g/mol. The van der Waals surface area contributed by atoms with Crippen LogP contribution >= 0.6 is 11.8 Å². The van der Waals surface area contributed by atoms with Gasteiger partial charge in [0.2, 0.25) is 5.91 Å². The number of amidine groups is 1. The van der Waals surface area contributed by atoms with E-state index < -0.39 is 86.5 Å². The molecule has 3 rings (SSSR count). The van der Waals surface area contributed by atoms with Gasteiger partial charge < -0.3 is 10.0 Å². The Morgan fingerprint density at radius 2 is 1.59 bits per heavy atom. The van der Waals surface area contributed by atoms with E-state index in [4.69, 9.17) is 5.11 Å². The van der Waals surface area contributed by atoms with E-state index in [0.717, 1.165) is 16.7 Å². The van der Waals surface area contributed by atoms with Gasteiger partial charge in [-0.05, 0) is 18.2 Å². The Morgan fingerprint density at radius 1 is 1.03 bits per heavy atom. The number of alkyl halides is 6. The number of aliphatic imine (C=N–C) groups is 1. The van der Waals surface area contributed by atoms with Crippen LogP contribution < -0.4 is 4.90 Å². The van der Waals surface area contributed by atoms with Crippen LogP contribution in [-0.4, -0.2) is 53.4 Å². The van der Waals surface area contributed by atoms with Crippen molar-refractivity contribution in [3.8, 4) is 0 Å². The number of hydrogen-bond donors (Lipinski definition) is 1. The minimum absolute atomic E-state index is 0.0651. The lowest BCUT2D eigenvalue weighted by Gasteiger charge is -2.26. The zero-order valence-corrected chi connectivity index (χ0v) is 17.4. The van der Waals surface area contributed by atoms with Crippen molar-refractivity contribution < 1.29 is 49.5 Å². The van der Waals surface area contributed by atoms with Gasteiger partial charge in [0.15, 0.2) is 15.0 Å². The third-order valence-corrected chi connectivity index (χ3v) is 7.90. The molecule has 2 heterocycles. The number of amides is 1. The highest BCUT2D eigenvalue weighted by Crippen LogP contribution is 2.44. The van der Waals surface area contributed by atoms with Gasteiger partial charge in [-0.2, -0.15) is 31.3 Å². The highest BCUT2D eigenvalue weighted by Gasteiger charge is 2.50. The van der Waals surface area contributed by atoms with Gasteiger partial charge in [-0.1, -0.05) is 11.8 Å².